The van der Waals surface area contributed by atoms with Crippen molar-refractivity contribution >= 4 is 11.6 Å². The number of aromatic nitrogens is 1. The molecule has 1 heterocycles. The molecule has 24 heavy (non-hydrogen) atoms. The molecule has 130 valence electrons. The molecule has 2 aliphatic rings. The third-order valence-corrected chi connectivity index (χ3v) is 4.77. The average molecular weight is 334 g/mol. The molecule has 0 saturated heterocycles. The van der Waals surface area contributed by atoms with Gasteiger partial charge < -0.3 is 14.4 Å². The maximum Gasteiger partial charge on any atom is 0.265 e. The molecule has 0 bridgehead atoms. The number of allylic oxidation sites excluding steroid dienone is 1. The van der Waals surface area contributed by atoms with Crippen LogP contribution in [0.1, 0.15) is 48.3 Å². The fourth-order valence-corrected chi connectivity index (χ4v) is 3.52. The van der Waals surface area contributed by atoms with Gasteiger partial charge in [0.05, 0.1) is 12.6 Å². The van der Waals surface area contributed by atoms with Gasteiger partial charge in [0.25, 0.3) is 5.88 Å². The van der Waals surface area contributed by atoms with E-state index in [0.29, 0.717) is 18.8 Å². The summed E-state index contributed by atoms with van der Waals surface area (Å²) < 4.78 is 11.0. The number of rotatable bonds is 5. The van der Waals surface area contributed by atoms with Crippen molar-refractivity contribution in [1.29, 1.82) is 0 Å². The summed E-state index contributed by atoms with van der Waals surface area (Å²) in [5.74, 6) is -1.47. The molecule has 0 aromatic carbocycles. The van der Waals surface area contributed by atoms with Crippen molar-refractivity contribution in [2.75, 3.05) is 20.7 Å². The number of carbonyl (C=O) groups excluding carboxylic acids is 2. The Morgan fingerprint density at radius 2 is 2.21 bits per heavy atom. The fourth-order valence-electron chi connectivity index (χ4n) is 3.52. The molecule has 2 aliphatic carbocycles. The van der Waals surface area contributed by atoms with Crippen molar-refractivity contribution in [2.24, 2.45) is 5.92 Å². The zero-order chi connectivity index (χ0) is 17.5. The van der Waals surface area contributed by atoms with Crippen molar-refractivity contribution in [2.45, 2.75) is 37.8 Å². The van der Waals surface area contributed by atoms with E-state index in [4.69, 9.17) is 9.26 Å². The van der Waals surface area contributed by atoms with Crippen LogP contribution in [-0.2, 0) is 4.79 Å². The number of ether oxygens (including phenoxy) is 1. The molecule has 1 N–H and O–H groups in total. The summed E-state index contributed by atoms with van der Waals surface area (Å²) >= 11 is 0. The first-order valence-electron chi connectivity index (χ1n) is 8.19. The minimum atomic E-state index is -2.09. The van der Waals surface area contributed by atoms with Gasteiger partial charge in [-0.15, -0.1) is 0 Å². The van der Waals surface area contributed by atoms with Crippen LogP contribution in [0.2, 0.25) is 0 Å². The Kier molecular flexibility index (Phi) is 4.31. The summed E-state index contributed by atoms with van der Waals surface area (Å²) in [6.07, 6.45) is 5.11. The van der Waals surface area contributed by atoms with Crippen molar-refractivity contribution < 1.29 is 24.0 Å². The highest BCUT2D eigenvalue weighted by molar-refractivity contribution is 6.23. The summed E-state index contributed by atoms with van der Waals surface area (Å²) in [6, 6.07) is -0.437. The number of fused-ring (bicyclic) bond motifs is 2. The highest BCUT2D eigenvalue weighted by Crippen LogP contribution is 2.49. The number of ketones is 2. The lowest BCUT2D eigenvalue weighted by Gasteiger charge is -2.43. The summed E-state index contributed by atoms with van der Waals surface area (Å²) in [4.78, 5) is 27.2. The highest BCUT2D eigenvalue weighted by atomic mass is 16.5. The van der Waals surface area contributed by atoms with E-state index in [1.807, 2.05) is 25.9 Å². The molecule has 1 aromatic rings. The molecular weight excluding hydrogens is 312 g/mol. The second-order valence-electron chi connectivity index (χ2n) is 6.54. The first kappa shape index (κ1) is 16.9. The van der Waals surface area contributed by atoms with E-state index in [9.17, 15) is 14.7 Å². The van der Waals surface area contributed by atoms with Crippen LogP contribution in [0.5, 0.6) is 5.88 Å². The highest BCUT2D eigenvalue weighted by Gasteiger charge is 2.60. The van der Waals surface area contributed by atoms with E-state index in [1.54, 1.807) is 6.08 Å². The SMILES string of the molecule is CCCCOc1noc2c1C(=O)[C@@]1(O)C(=O)C=CC[C@H]1[C@H]2N(C)C. The van der Waals surface area contributed by atoms with Crippen LogP contribution in [0.4, 0.5) is 0 Å². The number of hydrogen-bond acceptors (Lipinski definition) is 7. The van der Waals surface area contributed by atoms with E-state index in [2.05, 4.69) is 5.16 Å². The van der Waals surface area contributed by atoms with Crippen LogP contribution in [0, 0.1) is 5.92 Å². The zero-order valence-corrected chi connectivity index (χ0v) is 14.1. The van der Waals surface area contributed by atoms with Crippen LogP contribution < -0.4 is 4.74 Å². The van der Waals surface area contributed by atoms with E-state index >= 15 is 0 Å². The minimum Gasteiger partial charge on any atom is -0.475 e. The predicted molar refractivity (Wildman–Crippen MR) is 84.9 cm³/mol. The standard InChI is InChI=1S/C17H22N2O5/c1-4-5-9-23-16-12-14(24-18-16)13(19(2)3)10-7-6-8-11(20)17(10,22)15(12)21/h6,8,10,13,22H,4-5,7,9H2,1-3H3/t10-,13+,17-/m0/s1. The van der Waals surface area contributed by atoms with Gasteiger partial charge in [-0.1, -0.05) is 19.4 Å². The number of Topliss-reactive ketones (excluding diaryl/α,β-unsaturated/α-hetero) is 1. The maximum absolute atomic E-state index is 13.0. The first-order valence-corrected chi connectivity index (χ1v) is 8.19. The van der Waals surface area contributed by atoms with Gasteiger partial charge in [0.15, 0.2) is 17.1 Å². The number of carbonyl (C=O) groups is 2. The molecule has 7 nitrogen and oxygen atoms in total. The lowest BCUT2D eigenvalue weighted by atomic mass is 9.65. The van der Waals surface area contributed by atoms with Crippen LogP contribution >= 0.6 is 0 Å². The monoisotopic (exact) mass is 334 g/mol. The van der Waals surface area contributed by atoms with Gasteiger partial charge in [0.2, 0.25) is 5.78 Å². The number of hydrogen-bond donors (Lipinski definition) is 1. The molecule has 0 fully saturated rings. The molecule has 1 aromatic heterocycles. The average Bonchev–Trinajstić information content (AvgIpc) is 2.94. The van der Waals surface area contributed by atoms with Gasteiger partial charge in [0, 0.05) is 5.92 Å². The van der Waals surface area contributed by atoms with Gasteiger partial charge >= 0.3 is 0 Å². The Balaban J connectivity index is 2.09. The topological polar surface area (TPSA) is 92.9 Å². The van der Waals surface area contributed by atoms with E-state index in [0.717, 1.165) is 12.8 Å². The number of aliphatic hydroxyl groups is 1. The van der Waals surface area contributed by atoms with Gasteiger partial charge in [-0.05, 0) is 38.2 Å². The Bertz CT molecular complexity index is 693. The third kappa shape index (κ3) is 2.31. The molecule has 0 amide bonds. The Morgan fingerprint density at radius 1 is 1.46 bits per heavy atom. The molecular formula is C17H22N2O5. The van der Waals surface area contributed by atoms with Gasteiger partial charge in [0.1, 0.15) is 5.56 Å². The van der Waals surface area contributed by atoms with Crippen molar-refractivity contribution in [3.63, 3.8) is 0 Å². The quantitative estimate of drug-likeness (QED) is 0.645. The second-order valence-corrected chi connectivity index (χ2v) is 6.54. The molecule has 0 radical (unpaired) electrons. The van der Waals surface area contributed by atoms with E-state index in [-0.39, 0.29) is 11.4 Å². The Morgan fingerprint density at radius 3 is 2.88 bits per heavy atom. The normalized spacial score (nSPS) is 28.9. The van der Waals surface area contributed by atoms with Gasteiger partial charge in [-0.2, -0.15) is 0 Å². The lowest BCUT2D eigenvalue weighted by Crippen LogP contribution is -2.59. The van der Waals surface area contributed by atoms with Crippen molar-refractivity contribution in [1.82, 2.24) is 10.1 Å². The van der Waals surface area contributed by atoms with Crippen molar-refractivity contribution in [3.8, 4) is 5.88 Å². The largest absolute Gasteiger partial charge is 0.475 e. The predicted octanol–water partition coefficient (Wildman–Crippen LogP) is 1.53. The minimum absolute atomic E-state index is 0.0597. The molecule has 7 heteroatoms. The Hall–Kier alpha value is -1.99. The van der Waals surface area contributed by atoms with Crippen LogP contribution in [0.15, 0.2) is 16.7 Å². The molecule has 3 atom stereocenters. The van der Waals surface area contributed by atoms with Crippen LogP contribution in [0.25, 0.3) is 0 Å². The molecule has 3 rings (SSSR count). The summed E-state index contributed by atoms with van der Waals surface area (Å²) in [6.45, 7) is 2.42. The van der Waals surface area contributed by atoms with E-state index in [1.165, 1.54) is 6.08 Å². The van der Waals surface area contributed by atoms with Gasteiger partial charge in [-0.3, -0.25) is 14.5 Å². The first-order chi connectivity index (χ1) is 11.4. The smallest absolute Gasteiger partial charge is 0.265 e. The van der Waals surface area contributed by atoms with Crippen LogP contribution in [-0.4, -0.2) is 53.0 Å². The third-order valence-electron chi connectivity index (χ3n) is 4.77. The zero-order valence-electron chi connectivity index (χ0n) is 14.1. The van der Waals surface area contributed by atoms with Crippen molar-refractivity contribution in [3.05, 3.63) is 23.5 Å². The number of unbranched alkanes of at least 4 members (excludes halogenated alkanes) is 1. The molecule has 0 unspecified atom stereocenters. The molecule has 0 saturated carbocycles. The summed E-state index contributed by atoms with van der Waals surface area (Å²) in [5, 5.41) is 14.9. The number of nitrogens with zero attached hydrogens (tertiary/aromatic N) is 2. The summed E-state index contributed by atoms with van der Waals surface area (Å²) in [7, 11) is 3.63. The van der Waals surface area contributed by atoms with Gasteiger partial charge in [-0.25, -0.2) is 0 Å². The molecule has 0 spiro atoms. The Labute approximate surface area is 140 Å². The van der Waals surface area contributed by atoms with Crippen LogP contribution in [0.3, 0.4) is 0 Å². The summed E-state index contributed by atoms with van der Waals surface area (Å²) in [5.41, 5.74) is -2.00. The maximum atomic E-state index is 13.0. The lowest BCUT2D eigenvalue weighted by molar-refractivity contribution is -0.137. The molecule has 0 aliphatic heterocycles. The second kappa shape index (κ2) is 6.14. The fraction of sp³-hybridized carbons (Fsp3) is 0.588. The van der Waals surface area contributed by atoms with E-state index < -0.39 is 29.1 Å².